The molecule has 0 saturated heterocycles. The van der Waals surface area contributed by atoms with Gasteiger partial charge in [0.05, 0.1) is 27.6 Å². The van der Waals surface area contributed by atoms with Gasteiger partial charge in [0, 0.05) is 142 Å². The van der Waals surface area contributed by atoms with E-state index in [1.54, 1.807) is 75.6 Å². The maximum atomic E-state index is 13.6. The maximum absolute atomic E-state index is 13.6. The highest BCUT2D eigenvalue weighted by Crippen LogP contribution is 2.52. The summed E-state index contributed by atoms with van der Waals surface area (Å²) >= 11 is 0. The van der Waals surface area contributed by atoms with Crippen molar-refractivity contribution < 1.29 is 103 Å². The van der Waals surface area contributed by atoms with E-state index in [1.165, 1.54) is 49.1 Å². The molecule has 4 N–H and O–H groups in total. The summed E-state index contributed by atoms with van der Waals surface area (Å²) in [5, 5.41) is 29.8. The quantitative estimate of drug-likeness (QED) is 0.0144. The largest absolute Gasteiger partial charge is 0.459 e. The first kappa shape index (κ1) is 99.4. The number of fused-ring (bicyclic) bond motifs is 9. The third-order valence-electron chi connectivity index (χ3n) is 25.4. The Kier molecular flexibility index (Phi) is 30.9. The number of anilines is 3. The molecule has 0 spiro atoms. The predicted molar refractivity (Wildman–Crippen MR) is 489 cm³/mol. The number of alkyl halides is 4. The summed E-state index contributed by atoms with van der Waals surface area (Å²) in [7, 11) is 3.30. The number of para-hydroxylation sites is 3. The summed E-state index contributed by atoms with van der Waals surface area (Å²) in [6.45, 7) is 11.9. The molecule has 700 valence electrons. The SMILES string of the molecule is CC(C)(C(=O)CCC(F)(F)C(C)(F)F)C(=O)C[C@@H]1C(=O)Nc2ccccc2-c2ccccc21.CC1=C(C(=O)OC2CCCCC2)C(c2ccc([N+](=O)[O-])cc2)C2=C(C1)CC(C)(C)CC2=O.C[C@H](CC(=O)Cc1cc(F)cc(F)c1)C(=O)N[C@@H]1C(=O)N(C)c2ccccc2-c2ccccc21.C[C@H](CC(=O)[C@@H](O)c1cc(F)cc(F)c1)C(=O)N[C@@H]1C(=O)N(C)c2ccccc2-c2ccccc21. The number of carbonyl (C=O) groups excluding carboxylic acids is 11. The minimum absolute atomic E-state index is 0.0121. The second-order valence-corrected chi connectivity index (χ2v) is 36.4. The monoisotopic (exact) mass is 1840 g/mol. The second kappa shape index (κ2) is 41.7. The summed E-state index contributed by atoms with van der Waals surface area (Å²) in [5.74, 6) is -20.1. The molecule has 6 aliphatic rings. The number of benzene rings is 9. The molecular weight excluding hydrogens is 1740 g/mol. The zero-order valence-corrected chi connectivity index (χ0v) is 75.7. The smallest absolute Gasteiger partial charge is 0.335 e. The summed E-state index contributed by atoms with van der Waals surface area (Å²) in [5.41, 5.74) is 11.0. The highest BCUT2D eigenvalue weighted by atomic mass is 19.3. The molecule has 15 rings (SSSR count). The van der Waals surface area contributed by atoms with E-state index in [0.29, 0.717) is 58.1 Å². The van der Waals surface area contributed by atoms with Crippen LogP contribution in [0.2, 0.25) is 0 Å². The lowest BCUT2D eigenvalue weighted by Crippen LogP contribution is -2.43. The van der Waals surface area contributed by atoms with Crippen LogP contribution >= 0.6 is 0 Å². The van der Waals surface area contributed by atoms with Crippen molar-refractivity contribution >= 4 is 87.2 Å². The fraction of sp³-hybridized carbons (Fsp3) is 0.343. The number of ketones is 5. The first-order valence-electron chi connectivity index (χ1n) is 44.2. The van der Waals surface area contributed by atoms with E-state index in [-0.39, 0.29) is 90.3 Å². The number of esters is 1. The molecule has 29 heteroatoms. The molecule has 0 radical (unpaired) electrons. The van der Waals surface area contributed by atoms with Crippen molar-refractivity contribution in [3.8, 4) is 33.4 Å². The van der Waals surface area contributed by atoms with Gasteiger partial charge < -0.3 is 35.6 Å². The van der Waals surface area contributed by atoms with Gasteiger partial charge in [0.15, 0.2) is 11.6 Å². The Hall–Kier alpha value is -13.6. The minimum Gasteiger partial charge on any atom is -0.459 e. The van der Waals surface area contributed by atoms with Crippen LogP contribution in [0.15, 0.2) is 229 Å². The zero-order valence-electron chi connectivity index (χ0n) is 75.7. The van der Waals surface area contributed by atoms with Gasteiger partial charge in [-0.15, -0.1) is 0 Å². The molecule has 3 heterocycles. The number of halogens is 8. The van der Waals surface area contributed by atoms with Crippen LogP contribution in [0.4, 0.5) is 57.9 Å². The number of ether oxygens (including phenoxy) is 1. The summed E-state index contributed by atoms with van der Waals surface area (Å²) in [6, 6.07) is 53.5. The fourth-order valence-corrected chi connectivity index (χ4v) is 18.0. The van der Waals surface area contributed by atoms with Gasteiger partial charge in [-0.2, -0.15) is 8.78 Å². The number of nitro groups is 1. The molecule has 3 aliphatic carbocycles. The predicted octanol–water partition coefficient (Wildman–Crippen LogP) is 20.7. The topological polar surface area (TPSA) is 303 Å². The first-order chi connectivity index (χ1) is 63.3. The summed E-state index contributed by atoms with van der Waals surface area (Å²) in [6.07, 6.45) is 1.74. The highest BCUT2D eigenvalue weighted by Gasteiger charge is 2.53. The number of nitrogens with one attached hydrogen (secondary N) is 3. The van der Waals surface area contributed by atoms with E-state index in [9.17, 15) is 103 Å². The van der Waals surface area contributed by atoms with Crippen LogP contribution in [0, 0.1) is 56.0 Å². The number of likely N-dealkylation sites (N-methyl/N-ethyl adjacent to an activating group) is 2. The van der Waals surface area contributed by atoms with Gasteiger partial charge in [0.1, 0.15) is 64.9 Å². The number of aliphatic hydroxyl groups is 1. The molecule has 9 aromatic rings. The van der Waals surface area contributed by atoms with E-state index in [1.807, 2.05) is 110 Å². The van der Waals surface area contributed by atoms with Gasteiger partial charge >= 0.3 is 17.8 Å². The van der Waals surface area contributed by atoms with Crippen LogP contribution < -0.4 is 25.8 Å². The lowest BCUT2D eigenvalue weighted by molar-refractivity contribution is -0.384. The van der Waals surface area contributed by atoms with Crippen LogP contribution in [0.3, 0.4) is 0 Å². The van der Waals surface area contributed by atoms with Crippen molar-refractivity contribution in [1.29, 1.82) is 0 Å². The van der Waals surface area contributed by atoms with Crippen LogP contribution in [0.5, 0.6) is 0 Å². The van der Waals surface area contributed by atoms with Crippen molar-refractivity contribution in [3.63, 3.8) is 0 Å². The third kappa shape index (κ3) is 22.8. The van der Waals surface area contributed by atoms with Gasteiger partial charge in [-0.1, -0.05) is 185 Å². The van der Waals surface area contributed by atoms with E-state index in [0.717, 1.165) is 118 Å². The van der Waals surface area contributed by atoms with E-state index < -0.39 is 135 Å². The fourth-order valence-electron chi connectivity index (χ4n) is 18.0. The number of hydrogen-bond acceptors (Lipinski definition) is 15. The molecule has 1 saturated carbocycles. The lowest BCUT2D eigenvalue weighted by Gasteiger charge is -2.39. The maximum Gasteiger partial charge on any atom is 0.335 e. The standard InChI is InChI=1S/C27H24F2N2O4.C27H24F2N2O3.C26H31NO5.C25H25F4NO3/c1-15(11-23(32)25(33)16-12-17(28)14-18(29)13-16)26(34)30-24-21-9-4-3-7-19(21)20-8-5-6-10-22(20)31(2)27(24)35;1-16(11-20(32)14-17-12-18(28)15-19(29)13-17)26(33)30-25-23-9-4-3-7-21(23)22-8-5-6-10-24(22)31(2)27(25)34;1-16-13-18-14-26(2,3)15-21(28)23(18)24(17-9-11-19(12-10-17)27(30)31)22(16)25(29)32-20-7-5-4-6-8-20;1-23(2,20(31)12-13-25(28,29)24(3,26)27)21(32)14-18-16-9-5-4-8-15(16)17-10-6-7-11-19(17)30-22(18)33/h3-10,12-15,24-25,33H,11H2,1-2H3,(H,30,34);3-10,12-13,15-16,25H,11,14H2,1-2H3,(H,30,33);9-12,20,24H,4-8,13-15H2,1-3H3;4-11,18H,12-14H2,1-3H3,(H,30,33)/t15-,24+,25+;16-,25+;;18-/m11.0/s1. The van der Waals surface area contributed by atoms with Gasteiger partial charge in [-0.3, -0.25) is 58.1 Å². The van der Waals surface area contributed by atoms with E-state index in [2.05, 4.69) is 29.8 Å². The van der Waals surface area contributed by atoms with E-state index >= 15 is 0 Å². The Morgan fingerprint density at radius 1 is 0.590 bits per heavy atom. The number of non-ortho nitro benzene ring substituents is 1. The Morgan fingerprint density at radius 3 is 1.57 bits per heavy atom. The molecule has 0 aromatic heterocycles. The molecule has 3 aliphatic heterocycles. The molecule has 7 atom stereocenters. The highest BCUT2D eigenvalue weighted by molar-refractivity contribution is 6.12. The molecule has 5 amide bonds. The van der Waals surface area contributed by atoms with E-state index in [4.69, 9.17) is 4.74 Å². The van der Waals surface area contributed by atoms with Crippen LogP contribution in [-0.2, 0) is 63.9 Å². The normalized spacial score (nSPS) is 18.0. The molecule has 134 heavy (non-hydrogen) atoms. The van der Waals surface area contributed by atoms with Gasteiger partial charge in [-0.05, 0) is 157 Å². The van der Waals surface area contributed by atoms with Crippen LogP contribution in [-0.4, -0.2) is 106 Å². The van der Waals surface area contributed by atoms with Gasteiger partial charge in [0.2, 0.25) is 17.7 Å². The minimum atomic E-state index is -4.37. The van der Waals surface area contributed by atoms with Crippen molar-refractivity contribution in [2.75, 3.05) is 29.2 Å². The average molecular weight is 1840 g/mol. The molecule has 21 nitrogen and oxygen atoms in total. The Balaban J connectivity index is 0.000000161. The Bertz CT molecular complexity index is 6110. The number of carbonyl (C=O) groups is 11. The van der Waals surface area contributed by atoms with Crippen molar-refractivity contribution in [3.05, 3.63) is 295 Å². The molecule has 9 aromatic carbocycles. The van der Waals surface area contributed by atoms with Gasteiger partial charge in [0.25, 0.3) is 17.5 Å². The number of amides is 5. The Labute approximate surface area is 770 Å². The first-order valence-corrected chi connectivity index (χ1v) is 44.2. The Morgan fingerprint density at radius 2 is 1.05 bits per heavy atom. The van der Waals surface area contributed by atoms with Crippen molar-refractivity contribution in [2.24, 2.45) is 22.7 Å². The number of nitro benzene ring substituents is 1. The van der Waals surface area contributed by atoms with Crippen molar-refractivity contribution in [2.45, 2.75) is 193 Å². The molecular formula is C105H104F8N6O15. The summed E-state index contributed by atoms with van der Waals surface area (Å²) in [4.78, 5) is 157. The molecule has 0 bridgehead atoms. The number of nitrogens with zero attached hydrogens (tertiary/aromatic N) is 3. The molecule has 1 fully saturated rings. The van der Waals surface area contributed by atoms with Crippen LogP contribution in [0.1, 0.15) is 202 Å². The average Bonchev–Trinajstić information content (AvgIpc) is 1.01. The zero-order chi connectivity index (χ0) is 97.3. The van der Waals surface area contributed by atoms with Crippen LogP contribution in [0.25, 0.3) is 33.4 Å². The van der Waals surface area contributed by atoms with Crippen molar-refractivity contribution in [1.82, 2.24) is 10.6 Å². The third-order valence-corrected chi connectivity index (χ3v) is 25.4. The number of rotatable bonds is 24. The molecule has 1 unspecified atom stereocenters. The number of aliphatic hydroxyl groups excluding tert-OH is 1. The van der Waals surface area contributed by atoms with Gasteiger partial charge in [-0.25, -0.2) is 31.1 Å². The number of hydrogen-bond donors (Lipinski definition) is 4. The number of Topliss-reactive ketones (excluding diaryl/α,β-unsaturated/α-hetero) is 5. The summed E-state index contributed by atoms with van der Waals surface area (Å²) < 4.78 is 113. The lowest BCUT2D eigenvalue weighted by atomic mass is 9.64. The second-order valence-electron chi connectivity index (χ2n) is 36.4. The number of allylic oxidation sites excluding steroid dienone is 3.